The number of carboxylic acids is 1. The molecule has 8 heteroatoms. The van der Waals surface area contributed by atoms with Crippen molar-refractivity contribution in [3.05, 3.63) is 29.3 Å². The number of carbonyl (C=O) groups excluding carboxylic acids is 1. The number of methoxy groups -OCH3 is 1. The van der Waals surface area contributed by atoms with E-state index in [2.05, 4.69) is 5.32 Å². The van der Waals surface area contributed by atoms with E-state index in [1.807, 2.05) is 0 Å². The fraction of sp³-hybridized carbons (Fsp3) is 0.467. The number of amides is 1. The van der Waals surface area contributed by atoms with Gasteiger partial charge in [0.2, 0.25) is 5.82 Å². The first-order valence-corrected chi connectivity index (χ1v) is 6.78. The summed E-state index contributed by atoms with van der Waals surface area (Å²) >= 11 is 0. The van der Waals surface area contributed by atoms with Crippen molar-refractivity contribution in [2.45, 2.75) is 38.8 Å². The smallest absolute Gasteiger partial charge is 0.408 e. The van der Waals surface area contributed by atoms with Gasteiger partial charge in [0.1, 0.15) is 5.60 Å². The number of hydrogen-bond donors (Lipinski definition) is 2. The molecule has 1 atom stereocenters. The highest BCUT2D eigenvalue weighted by molar-refractivity contribution is 5.72. The Bertz CT molecular complexity index is 598. The highest BCUT2D eigenvalue weighted by Crippen LogP contribution is 2.31. The molecule has 1 amide bonds. The van der Waals surface area contributed by atoms with E-state index in [0.29, 0.717) is 0 Å². The van der Waals surface area contributed by atoms with Crippen LogP contribution in [0.5, 0.6) is 5.75 Å². The van der Waals surface area contributed by atoms with Crippen molar-refractivity contribution >= 4 is 12.1 Å². The first kappa shape index (κ1) is 18.7. The van der Waals surface area contributed by atoms with Gasteiger partial charge in [-0.05, 0) is 26.8 Å². The van der Waals surface area contributed by atoms with Crippen LogP contribution in [-0.2, 0) is 9.53 Å². The zero-order valence-electron chi connectivity index (χ0n) is 13.3. The highest BCUT2D eigenvalue weighted by atomic mass is 19.2. The first-order valence-electron chi connectivity index (χ1n) is 6.78. The fourth-order valence-corrected chi connectivity index (χ4v) is 1.89. The topological polar surface area (TPSA) is 84.9 Å². The second kappa shape index (κ2) is 7.26. The van der Waals surface area contributed by atoms with E-state index in [9.17, 15) is 18.4 Å². The van der Waals surface area contributed by atoms with Gasteiger partial charge in [-0.2, -0.15) is 4.39 Å². The molecule has 0 spiro atoms. The molecule has 1 aromatic rings. The third-order valence-corrected chi connectivity index (χ3v) is 2.73. The zero-order chi connectivity index (χ0) is 17.8. The molecule has 1 aromatic carbocycles. The van der Waals surface area contributed by atoms with Gasteiger partial charge in [-0.25, -0.2) is 9.18 Å². The molecule has 0 aliphatic rings. The van der Waals surface area contributed by atoms with Crippen LogP contribution in [0.25, 0.3) is 0 Å². The van der Waals surface area contributed by atoms with Gasteiger partial charge in [0.05, 0.1) is 19.6 Å². The summed E-state index contributed by atoms with van der Waals surface area (Å²) in [6, 6.07) is 0.841. The van der Waals surface area contributed by atoms with Gasteiger partial charge >= 0.3 is 12.1 Å². The van der Waals surface area contributed by atoms with Crippen molar-refractivity contribution in [1.29, 1.82) is 0 Å². The number of alkyl carbamates (subject to hydrolysis) is 1. The fourth-order valence-electron chi connectivity index (χ4n) is 1.89. The number of ether oxygens (including phenoxy) is 2. The van der Waals surface area contributed by atoms with Crippen LogP contribution in [0.1, 0.15) is 38.8 Å². The lowest BCUT2D eigenvalue weighted by Gasteiger charge is -2.24. The first-order chi connectivity index (χ1) is 10.5. The predicted molar refractivity (Wildman–Crippen MR) is 77.3 cm³/mol. The molecule has 128 valence electrons. The average molecular weight is 331 g/mol. The molecule has 0 saturated heterocycles. The van der Waals surface area contributed by atoms with Crippen LogP contribution in [0.2, 0.25) is 0 Å². The number of benzene rings is 1. The van der Waals surface area contributed by atoms with Gasteiger partial charge in [-0.15, -0.1) is 0 Å². The maximum atomic E-state index is 13.8. The molecule has 23 heavy (non-hydrogen) atoms. The second-order valence-electron chi connectivity index (χ2n) is 5.78. The Morgan fingerprint density at radius 2 is 1.91 bits per heavy atom. The summed E-state index contributed by atoms with van der Waals surface area (Å²) in [5.41, 5.74) is -0.796. The van der Waals surface area contributed by atoms with Crippen molar-refractivity contribution in [2.75, 3.05) is 7.11 Å². The molecule has 0 fully saturated rings. The summed E-state index contributed by atoms with van der Waals surface area (Å²) in [6.45, 7) is 4.91. The van der Waals surface area contributed by atoms with Crippen LogP contribution in [0.15, 0.2) is 12.1 Å². The molecular weight excluding hydrogens is 312 g/mol. The Balaban J connectivity index is 3.15. The molecule has 0 unspecified atom stereocenters. The van der Waals surface area contributed by atoms with Gasteiger partial charge < -0.3 is 19.9 Å². The lowest BCUT2D eigenvalue weighted by atomic mass is 10.0. The Kier molecular flexibility index (Phi) is 5.89. The third-order valence-electron chi connectivity index (χ3n) is 2.73. The van der Waals surface area contributed by atoms with E-state index >= 15 is 0 Å². The molecule has 0 bridgehead atoms. The number of carboxylic acid groups (broad SMARTS) is 1. The Hall–Kier alpha value is -2.38. The van der Waals surface area contributed by atoms with Gasteiger partial charge in [0.25, 0.3) is 0 Å². The van der Waals surface area contributed by atoms with E-state index < -0.39 is 47.5 Å². The van der Waals surface area contributed by atoms with Crippen molar-refractivity contribution < 1.29 is 33.0 Å². The molecule has 0 aliphatic carbocycles. The van der Waals surface area contributed by atoms with E-state index in [0.717, 1.165) is 19.2 Å². The van der Waals surface area contributed by atoms with Crippen LogP contribution in [0, 0.1) is 11.6 Å². The summed E-state index contributed by atoms with van der Waals surface area (Å²) in [5, 5.41) is 11.3. The van der Waals surface area contributed by atoms with Gasteiger partial charge in [-0.1, -0.05) is 6.07 Å². The number of halogens is 2. The minimum absolute atomic E-state index is 0.000316. The number of nitrogens with one attached hydrogen (secondary N) is 1. The Morgan fingerprint density at radius 1 is 1.30 bits per heavy atom. The molecule has 0 radical (unpaired) electrons. The van der Waals surface area contributed by atoms with E-state index in [1.54, 1.807) is 20.8 Å². The SMILES string of the molecule is COc1c([C@H](CC(=O)O)NC(=O)OC(C)(C)C)ccc(F)c1F. The molecule has 1 rings (SSSR count). The number of rotatable bonds is 5. The van der Waals surface area contributed by atoms with Crippen molar-refractivity contribution in [3.63, 3.8) is 0 Å². The molecule has 0 aromatic heterocycles. The standard InChI is InChI=1S/C15H19F2NO5/c1-15(2,3)23-14(21)18-10(7-11(19)20)8-5-6-9(16)12(17)13(8)22-4/h5-6,10H,7H2,1-4H3,(H,18,21)(H,19,20)/t10-/m0/s1. The summed E-state index contributed by atoms with van der Waals surface area (Å²) in [5.74, 6) is -4.10. The largest absolute Gasteiger partial charge is 0.493 e. The molecule has 0 heterocycles. The molecule has 0 saturated carbocycles. The Morgan fingerprint density at radius 3 is 2.39 bits per heavy atom. The maximum Gasteiger partial charge on any atom is 0.408 e. The molecule has 2 N–H and O–H groups in total. The second-order valence-corrected chi connectivity index (χ2v) is 5.78. The van der Waals surface area contributed by atoms with Crippen molar-refractivity contribution in [2.24, 2.45) is 0 Å². The normalized spacial score (nSPS) is 12.4. The summed E-state index contributed by atoms with van der Waals surface area (Å²) < 4.78 is 36.9. The third kappa shape index (κ3) is 5.39. The van der Waals surface area contributed by atoms with E-state index in [1.165, 1.54) is 0 Å². The zero-order valence-corrected chi connectivity index (χ0v) is 13.3. The monoisotopic (exact) mass is 331 g/mol. The van der Waals surface area contributed by atoms with Crippen LogP contribution in [0.4, 0.5) is 13.6 Å². The lowest BCUT2D eigenvalue weighted by Crippen LogP contribution is -2.36. The van der Waals surface area contributed by atoms with Gasteiger partial charge in [-0.3, -0.25) is 4.79 Å². The van der Waals surface area contributed by atoms with Crippen molar-refractivity contribution in [3.8, 4) is 5.75 Å². The molecule has 6 nitrogen and oxygen atoms in total. The predicted octanol–water partition coefficient (Wildman–Crippen LogP) is 3.01. The summed E-state index contributed by atoms with van der Waals surface area (Å²) in [4.78, 5) is 22.8. The van der Waals surface area contributed by atoms with E-state index in [4.69, 9.17) is 14.6 Å². The van der Waals surface area contributed by atoms with Gasteiger partial charge in [0.15, 0.2) is 11.6 Å². The molecular formula is C15H19F2NO5. The lowest BCUT2D eigenvalue weighted by molar-refractivity contribution is -0.137. The highest BCUT2D eigenvalue weighted by Gasteiger charge is 2.27. The number of hydrogen-bond acceptors (Lipinski definition) is 4. The summed E-state index contributed by atoms with van der Waals surface area (Å²) in [6.07, 6.45) is -1.43. The molecule has 0 aliphatic heterocycles. The van der Waals surface area contributed by atoms with Crippen LogP contribution in [-0.4, -0.2) is 29.9 Å². The minimum Gasteiger partial charge on any atom is -0.493 e. The van der Waals surface area contributed by atoms with Crippen LogP contribution >= 0.6 is 0 Å². The minimum atomic E-state index is -1.26. The summed E-state index contributed by atoms with van der Waals surface area (Å²) in [7, 11) is 1.12. The van der Waals surface area contributed by atoms with E-state index in [-0.39, 0.29) is 5.56 Å². The number of carbonyl (C=O) groups is 2. The van der Waals surface area contributed by atoms with Gasteiger partial charge in [0, 0.05) is 5.56 Å². The average Bonchev–Trinajstić information content (AvgIpc) is 2.38. The maximum absolute atomic E-state index is 13.8. The quantitative estimate of drug-likeness (QED) is 0.866. The van der Waals surface area contributed by atoms with Crippen LogP contribution < -0.4 is 10.1 Å². The number of aliphatic carboxylic acids is 1. The van der Waals surface area contributed by atoms with Crippen molar-refractivity contribution in [1.82, 2.24) is 5.32 Å². The van der Waals surface area contributed by atoms with Crippen LogP contribution in [0.3, 0.4) is 0 Å². The Labute approximate surface area is 132 Å².